The minimum absolute atomic E-state index is 0.403. The molecule has 1 rings (SSSR count). The summed E-state index contributed by atoms with van der Waals surface area (Å²) in [5.41, 5.74) is 5.62. The molecule has 1 heterocycles. The standard InChI is InChI=1S/C5H12N2/c1-4-5(6)2-3-7-4/h4-5,7H,2-3,6H2,1H3/t4-,5+/m0/s1. The minimum Gasteiger partial charge on any atom is -0.326 e. The van der Waals surface area contributed by atoms with Crippen LogP contribution < -0.4 is 11.1 Å². The Balaban J connectivity index is 2.33. The Bertz CT molecular complexity index is 55.1. The van der Waals surface area contributed by atoms with Gasteiger partial charge in [0.15, 0.2) is 0 Å². The van der Waals surface area contributed by atoms with Crippen LogP contribution in [0.4, 0.5) is 0 Å². The zero-order valence-corrected chi connectivity index (χ0v) is 4.65. The van der Waals surface area contributed by atoms with Gasteiger partial charge in [-0.3, -0.25) is 0 Å². The highest BCUT2D eigenvalue weighted by atomic mass is 15.0. The summed E-state index contributed by atoms with van der Waals surface area (Å²) in [6, 6.07) is 0.944. The van der Waals surface area contributed by atoms with Crippen LogP contribution in [-0.2, 0) is 0 Å². The van der Waals surface area contributed by atoms with Crippen molar-refractivity contribution < 1.29 is 0 Å². The van der Waals surface area contributed by atoms with E-state index >= 15 is 0 Å². The Morgan fingerprint density at radius 3 is 2.57 bits per heavy atom. The normalized spacial score (nSPS) is 42.0. The molecule has 2 nitrogen and oxygen atoms in total. The van der Waals surface area contributed by atoms with Crippen molar-refractivity contribution in [1.29, 1.82) is 0 Å². The Morgan fingerprint density at radius 1 is 1.71 bits per heavy atom. The molecule has 1 aliphatic heterocycles. The van der Waals surface area contributed by atoms with Gasteiger partial charge in [-0.05, 0) is 19.9 Å². The highest BCUT2D eigenvalue weighted by Gasteiger charge is 2.17. The van der Waals surface area contributed by atoms with E-state index < -0.39 is 0 Å². The van der Waals surface area contributed by atoms with Gasteiger partial charge in [0.2, 0.25) is 0 Å². The zero-order valence-electron chi connectivity index (χ0n) is 4.65. The molecule has 0 aromatic rings. The largest absolute Gasteiger partial charge is 0.326 e. The second-order valence-corrected chi connectivity index (χ2v) is 2.20. The Hall–Kier alpha value is -0.0800. The molecule has 1 aliphatic rings. The van der Waals surface area contributed by atoms with E-state index in [1.54, 1.807) is 0 Å². The Labute approximate surface area is 44.1 Å². The molecule has 42 valence electrons. The van der Waals surface area contributed by atoms with Crippen molar-refractivity contribution in [2.24, 2.45) is 5.73 Å². The summed E-state index contributed by atoms with van der Waals surface area (Å²) in [6.45, 7) is 3.22. The van der Waals surface area contributed by atoms with Crippen LogP contribution in [0.15, 0.2) is 0 Å². The van der Waals surface area contributed by atoms with Crippen LogP contribution in [0.3, 0.4) is 0 Å². The summed E-state index contributed by atoms with van der Waals surface area (Å²) >= 11 is 0. The molecule has 0 amide bonds. The van der Waals surface area contributed by atoms with Crippen LogP contribution >= 0.6 is 0 Å². The fourth-order valence-electron chi connectivity index (χ4n) is 0.879. The lowest BCUT2D eigenvalue weighted by molar-refractivity contribution is 0.587. The van der Waals surface area contributed by atoms with Crippen LogP contribution in [-0.4, -0.2) is 18.6 Å². The Kier molecular flexibility index (Phi) is 1.30. The lowest BCUT2D eigenvalue weighted by Crippen LogP contribution is -2.32. The molecule has 2 heteroatoms. The molecule has 1 saturated heterocycles. The predicted octanol–water partition coefficient (Wildman–Crippen LogP) is -0.305. The maximum atomic E-state index is 5.62. The molecule has 0 unspecified atom stereocenters. The Morgan fingerprint density at radius 2 is 2.43 bits per heavy atom. The number of nitrogens with one attached hydrogen (secondary N) is 1. The first kappa shape index (κ1) is 5.06. The zero-order chi connectivity index (χ0) is 5.28. The maximum Gasteiger partial charge on any atom is 0.0203 e. The number of rotatable bonds is 0. The van der Waals surface area contributed by atoms with E-state index in [1.165, 1.54) is 0 Å². The third-order valence-electron chi connectivity index (χ3n) is 1.59. The highest BCUT2D eigenvalue weighted by Crippen LogP contribution is 2.00. The van der Waals surface area contributed by atoms with Crippen molar-refractivity contribution >= 4 is 0 Å². The van der Waals surface area contributed by atoms with Crippen molar-refractivity contribution in [1.82, 2.24) is 5.32 Å². The van der Waals surface area contributed by atoms with E-state index in [-0.39, 0.29) is 0 Å². The second kappa shape index (κ2) is 1.80. The van der Waals surface area contributed by atoms with Gasteiger partial charge in [-0.2, -0.15) is 0 Å². The van der Waals surface area contributed by atoms with E-state index in [2.05, 4.69) is 12.2 Å². The minimum atomic E-state index is 0.403. The van der Waals surface area contributed by atoms with Gasteiger partial charge < -0.3 is 11.1 Å². The first-order valence-corrected chi connectivity index (χ1v) is 2.79. The molecule has 0 aromatic carbocycles. The molecule has 1 fully saturated rings. The molecule has 0 saturated carbocycles. The monoisotopic (exact) mass is 100 g/mol. The average molecular weight is 100 g/mol. The summed E-state index contributed by atoms with van der Waals surface area (Å²) in [6.07, 6.45) is 1.14. The van der Waals surface area contributed by atoms with Gasteiger partial charge in [0.05, 0.1) is 0 Å². The average Bonchev–Trinajstić information content (AvgIpc) is 1.91. The second-order valence-electron chi connectivity index (χ2n) is 2.20. The third kappa shape index (κ3) is 0.924. The molecule has 0 aromatic heterocycles. The fourth-order valence-corrected chi connectivity index (χ4v) is 0.879. The molecular weight excluding hydrogens is 88.1 g/mol. The first-order chi connectivity index (χ1) is 3.30. The number of nitrogens with two attached hydrogens (primary N) is 1. The molecule has 0 bridgehead atoms. The van der Waals surface area contributed by atoms with Crippen molar-refractivity contribution in [2.45, 2.75) is 25.4 Å². The third-order valence-corrected chi connectivity index (χ3v) is 1.59. The van der Waals surface area contributed by atoms with Crippen LogP contribution in [0, 0.1) is 0 Å². The van der Waals surface area contributed by atoms with Crippen molar-refractivity contribution in [3.63, 3.8) is 0 Å². The van der Waals surface area contributed by atoms with E-state index in [4.69, 9.17) is 5.73 Å². The number of hydrogen-bond acceptors (Lipinski definition) is 2. The van der Waals surface area contributed by atoms with Crippen LogP contribution in [0.1, 0.15) is 13.3 Å². The maximum absolute atomic E-state index is 5.62. The molecule has 0 aliphatic carbocycles. The van der Waals surface area contributed by atoms with Gasteiger partial charge in [-0.1, -0.05) is 0 Å². The van der Waals surface area contributed by atoms with Crippen molar-refractivity contribution in [3.8, 4) is 0 Å². The van der Waals surface area contributed by atoms with Gasteiger partial charge in [0.25, 0.3) is 0 Å². The van der Waals surface area contributed by atoms with Crippen LogP contribution in [0.25, 0.3) is 0 Å². The van der Waals surface area contributed by atoms with Crippen molar-refractivity contribution in [2.75, 3.05) is 6.54 Å². The van der Waals surface area contributed by atoms with Gasteiger partial charge in [-0.25, -0.2) is 0 Å². The smallest absolute Gasteiger partial charge is 0.0203 e. The topological polar surface area (TPSA) is 38.0 Å². The van der Waals surface area contributed by atoms with Crippen LogP contribution in [0.2, 0.25) is 0 Å². The SMILES string of the molecule is C[C@@H]1NCC[C@H]1N. The first-order valence-electron chi connectivity index (χ1n) is 2.79. The van der Waals surface area contributed by atoms with Gasteiger partial charge in [0, 0.05) is 12.1 Å². The van der Waals surface area contributed by atoms with Gasteiger partial charge >= 0.3 is 0 Å². The highest BCUT2D eigenvalue weighted by molar-refractivity contribution is 4.82. The number of hydrogen-bond donors (Lipinski definition) is 2. The van der Waals surface area contributed by atoms with Gasteiger partial charge in [-0.15, -0.1) is 0 Å². The quantitative estimate of drug-likeness (QED) is 0.438. The lowest BCUT2D eigenvalue weighted by Gasteiger charge is -2.06. The predicted molar refractivity (Wildman–Crippen MR) is 30.1 cm³/mol. The van der Waals surface area contributed by atoms with E-state index in [0.717, 1.165) is 13.0 Å². The molecule has 3 N–H and O–H groups in total. The van der Waals surface area contributed by atoms with E-state index in [9.17, 15) is 0 Å². The summed E-state index contributed by atoms with van der Waals surface area (Å²) in [7, 11) is 0. The van der Waals surface area contributed by atoms with Crippen molar-refractivity contribution in [3.05, 3.63) is 0 Å². The van der Waals surface area contributed by atoms with E-state index in [1.807, 2.05) is 0 Å². The summed E-state index contributed by atoms with van der Waals surface area (Å²) in [4.78, 5) is 0. The molecule has 0 spiro atoms. The van der Waals surface area contributed by atoms with E-state index in [0.29, 0.717) is 12.1 Å². The summed E-state index contributed by atoms with van der Waals surface area (Å²) < 4.78 is 0. The lowest BCUT2D eigenvalue weighted by atomic mass is 10.2. The fraction of sp³-hybridized carbons (Fsp3) is 1.00. The molecule has 2 atom stereocenters. The van der Waals surface area contributed by atoms with Crippen LogP contribution in [0.5, 0.6) is 0 Å². The molecule has 0 radical (unpaired) electrons. The molecule has 7 heavy (non-hydrogen) atoms. The summed E-state index contributed by atoms with van der Waals surface area (Å²) in [5, 5.41) is 3.24. The molecular formula is C5H12N2. The summed E-state index contributed by atoms with van der Waals surface area (Å²) in [5.74, 6) is 0. The van der Waals surface area contributed by atoms with Gasteiger partial charge in [0.1, 0.15) is 0 Å².